The number of Topliss-reactive ketones (excluding diaryl/α,β-unsaturated/α-hetero) is 1. The molecule has 1 atom stereocenters. The van der Waals surface area contributed by atoms with E-state index >= 15 is 0 Å². The number of H-pyrrole nitrogens is 1. The van der Waals surface area contributed by atoms with Crippen LogP contribution in [0.15, 0.2) is 23.5 Å². The van der Waals surface area contributed by atoms with Crippen LogP contribution in [0.1, 0.15) is 35.1 Å². The van der Waals surface area contributed by atoms with E-state index < -0.39 is 10.8 Å². The van der Waals surface area contributed by atoms with Crippen LogP contribution in [0.4, 0.5) is 0 Å². The van der Waals surface area contributed by atoms with Crippen molar-refractivity contribution >= 4 is 27.7 Å². The fourth-order valence-electron chi connectivity index (χ4n) is 2.26. The SMILES string of the molecule is [CH2-]CCOc1[c-]c(CS(=O)c2nc3nc(C(C)=O)ccc3[nH]2)ncc1C.[U+2]. The Bertz CT molecular complexity index is 990. The van der Waals surface area contributed by atoms with Crippen molar-refractivity contribution < 1.29 is 44.9 Å². The number of carbonyl (C=O) groups excluding carboxylic acids is 1. The van der Waals surface area contributed by atoms with Gasteiger partial charge in [-0.25, -0.2) is 9.97 Å². The third-order valence-corrected chi connectivity index (χ3v) is 4.75. The summed E-state index contributed by atoms with van der Waals surface area (Å²) in [4.78, 5) is 27.1. The van der Waals surface area contributed by atoms with Crippen LogP contribution in [-0.2, 0) is 16.6 Å². The van der Waals surface area contributed by atoms with Crippen LogP contribution in [-0.4, -0.2) is 36.5 Å². The summed E-state index contributed by atoms with van der Waals surface area (Å²) in [6.45, 7) is 7.53. The molecule has 138 valence electrons. The summed E-state index contributed by atoms with van der Waals surface area (Å²) in [6.07, 6.45) is 2.31. The first-order valence-corrected chi connectivity index (χ1v) is 9.35. The molecule has 3 aromatic heterocycles. The molecular weight excluding hydrogens is 590 g/mol. The summed E-state index contributed by atoms with van der Waals surface area (Å²) in [5.74, 6) is 0.583. The summed E-state index contributed by atoms with van der Waals surface area (Å²) in [6, 6.07) is 6.36. The quantitative estimate of drug-likeness (QED) is 0.327. The third-order valence-electron chi connectivity index (χ3n) is 3.59. The zero-order valence-electron chi connectivity index (χ0n) is 15.0. The molecule has 0 bridgehead atoms. The number of hydrogen-bond donors (Lipinski definition) is 1. The number of aromatic amines is 1. The molecule has 0 spiro atoms. The first-order valence-electron chi connectivity index (χ1n) is 8.04. The molecule has 27 heavy (non-hydrogen) atoms. The second-order valence-electron chi connectivity index (χ2n) is 5.70. The van der Waals surface area contributed by atoms with Gasteiger partial charge in [-0.3, -0.25) is 14.0 Å². The number of aromatic nitrogens is 4. The zero-order chi connectivity index (χ0) is 18.7. The Hall–Kier alpha value is -1.56. The van der Waals surface area contributed by atoms with E-state index in [9.17, 15) is 9.00 Å². The number of fused-ring (bicyclic) bond motifs is 1. The first-order chi connectivity index (χ1) is 12.5. The maximum atomic E-state index is 12.6. The Labute approximate surface area is 183 Å². The van der Waals surface area contributed by atoms with Crippen LogP contribution in [0, 0.1) is 51.0 Å². The average molecular weight is 608 g/mol. The second-order valence-corrected chi connectivity index (χ2v) is 7.07. The van der Waals surface area contributed by atoms with Crippen molar-refractivity contribution in [3.05, 3.63) is 48.3 Å². The van der Waals surface area contributed by atoms with E-state index in [1.165, 1.54) is 6.92 Å². The number of imidazole rings is 1. The van der Waals surface area contributed by atoms with E-state index in [0.717, 1.165) is 5.56 Å². The maximum absolute atomic E-state index is 12.6. The van der Waals surface area contributed by atoms with Crippen molar-refractivity contribution in [1.82, 2.24) is 19.9 Å². The van der Waals surface area contributed by atoms with Crippen molar-refractivity contribution in [3.63, 3.8) is 0 Å². The number of hydrogen-bond acceptors (Lipinski definition) is 6. The molecule has 0 saturated carbocycles. The monoisotopic (exact) mass is 608 g/mol. The fraction of sp³-hybridized carbons (Fsp3) is 0.278. The molecule has 3 heterocycles. The summed E-state index contributed by atoms with van der Waals surface area (Å²) >= 11 is 0. The predicted molar refractivity (Wildman–Crippen MR) is 97.3 cm³/mol. The zero-order valence-corrected chi connectivity index (χ0v) is 20.0. The molecular formula is C18H18N4O3SU. The van der Waals surface area contributed by atoms with Gasteiger partial charge in [-0.15, -0.1) is 18.9 Å². The van der Waals surface area contributed by atoms with Crippen molar-refractivity contribution in [2.45, 2.75) is 31.2 Å². The number of nitrogens with one attached hydrogen (secondary N) is 1. The second kappa shape index (κ2) is 9.58. The fourth-order valence-corrected chi connectivity index (χ4v) is 3.20. The molecule has 7 nitrogen and oxygen atoms in total. The number of pyridine rings is 2. The van der Waals surface area contributed by atoms with E-state index in [0.29, 0.717) is 41.3 Å². The molecule has 0 aliphatic carbocycles. The molecule has 3 rings (SSSR count). The van der Waals surface area contributed by atoms with Crippen molar-refractivity contribution in [1.29, 1.82) is 0 Å². The van der Waals surface area contributed by atoms with Gasteiger partial charge in [0.2, 0.25) is 0 Å². The standard InChI is InChI=1S/C18H18N4O3S.U/c1-4-7-25-16-8-13(19-9-11(16)2)10-26(24)18-21-15-6-5-14(12(3)23)20-17(15)22-18;/h5-6,9H,1,4,7,10H2,2-3H3,(H,20,21,22);/q-2;+2. The minimum absolute atomic E-state index is 0. The van der Waals surface area contributed by atoms with Crippen LogP contribution in [0.2, 0.25) is 0 Å². The Morgan fingerprint density at radius 2 is 2.15 bits per heavy atom. The number of rotatable bonds is 7. The maximum Gasteiger partial charge on any atom is 2.00 e. The van der Waals surface area contributed by atoms with E-state index in [1.54, 1.807) is 18.3 Å². The average Bonchev–Trinajstić information content (AvgIpc) is 3.05. The van der Waals surface area contributed by atoms with Crippen molar-refractivity contribution in [3.8, 4) is 5.75 Å². The first kappa shape index (κ1) is 21.7. The van der Waals surface area contributed by atoms with Gasteiger partial charge in [-0.1, -0.05) is 0 Å². The minimum atomic E-state index is -1.46. The molecule has 0 aromatic carbocycles. The van der Waals surface area contributed by atoms with E-state index in [2.05, 4.69) is 32.9 Å². The van der Waals surface area contributed by atoms with Gasteiger partial charge < -0.3 is 16.6 Å². The van der Waals surface area contributed by atoms with Crippen LogP contribution >= 0.6 is 0 Å². The Morgan fingerprint density at radius 3 is 2.85 bits per heavy atom. The molecule has 1 N–H and O–H groups in total. The molecule has 0 radical (unpaired) electrons. The van der Waals surface area contributed by atoms with Gasteiger partial charge in [0.25, 0.3) is 0 Å². The Balaban J connectivity index is 0.00000261. The molecule has 0 fully saturated rings. The topological polar surface area (TPSA) is 97.8 Å². The molecule has 3 aromatic rings. The van der Waals surface area contributed by atoms with Gasteiger partial charge in [0.05, 0.1) is 28.7 Å². The largest absolute Gasteiger partial charge is 2.00 e. The third kappa shape index (κ3) is 5.25. The smallest absolute Gasteiger partial charge is 0.534 e. The van der Waals surface area contributed by atoms with Crippen LogP contribution < -0.4 is 4.74 Å². The van der Waals surface area contributed by atoms with E-state index in [-0.39, 0.29) is 47.8 Å². The molecule has 1 unspecified atom stereocenters. The molecule has 0 amide bonds. The van der Waals surface area contributed by atoms with Gasteiger partial charge in [-0.05, 0) is 29.8 Å². The van der Waals surface area contributed by atoms with E-state index in [1.807, 2.05) is 6.92 Å². The molecule has 0 saturated heterocycles. The van der Waals surface area contributed by atoms with Gasteiger partial charge >= 0.3 is 31.1 Å². The summed E-state index contributed by atoms with van der Waals surface area (Å²) in [5, 5.41) is 0.282. The summed E-state index contributed by atoms with van der Waals surface area (Å²) < 4.78 is 18.2. The number of ketones is 1. The number of ether oxygens (including phenoxy) is 1. The van der Waals surface area contributed by atoms with Crippen molar-refractivity contribution in [2.24, 2.45) is 0 Å². The van der Waals surface area contributed by atoms with Gasteiger partial charge in [-0.2, -0.15) is 6.07 Å². The number of aryl methyl sites for hydroxylation is 1. The normalized spacial score (nSPS) is 11.8. The van der Waals surface area contributed by atoms with Crippen molar-refractivity contribution in [2.75, 3.05) is 6.61 Å². The number of nitrogens with zero attached hydrogens (tertiary/aromatic N) is 3. The molecule has 0 aliphatic rings. The van der Waals surface area contributed by atoms with Crippen LogP contribution in [0.5, 0.6) is 5.75 Å². The van der Waals surface area contributed by atoms with Crippen LogP contribution in [0.3, 0.4) is 0 Å². The van der Waals surface area contributed by atoms with Gasteiger partial charge in [0.1, 0.15) is 5.69 Å². The predicted octanol–water partition coefficient (Wildman–Crippen LogP) is 2.57. The van der Waals surface area contributed by atoms with Gasteiger partial charge in [0.15, 0.2) is 16.6 Å². The minimum Gasteiger partial charge on any atom is -0.534 e. The Kier molecular flexibility index (Phi) is 7.71. The van der Waals surface area contributed by atoms with E-state index in [4.69, 9.17) is 4.74 Å². The number of carbonyl (C=O) groups is 1. The molecule has 0 aliphatic heterocycles. The molecule has 9 heteroatoms. The summed E-state index contributed by atoms with van der Waals surface area (Å²) in [7, 11) is -1.46. The Morgan fingerprint density at radius 1 is 1.37 bits per heavy atom. The van der Waals surface area contributed by atoms with Gasteiger partial charge in [0, 0.05) is 6.92 Å². The van der Waals surface area contributed by atoms with Crippen LogP contribution in [0.25, 0.3) is 11.2 Å². The summed E-state index contributed by atoms with van der Waals surface area (Å²) in [5.41, 5.74) is 2.69.